The Morgan fingerprint density at radius 3 is 2.85 bits per heavy atom. The zero-order valence-electron chi connectivity index (χ0n) is 11.1. The minimum atomic E-state index is -3.66. The summed E-state index contributed by atoms with van der Waals surface area (Å²) in [6.45, 7) is 1.73. The molecule has 1 aromatic heterocycles. The average molecular weight is 368 g/mol. The number of nitrogens with one attached hydrogen (secondary N) is 1. The fourth-order valence-corrected chi connectivity index (χ4v) is 3.01. The average Bonchev–Trinajstić information content (AvgIpc) is 2.40. The van der Waals surface area contributed by atoms with Crippen molar-refractivity contribution in [1.82, 2.24) is 9.71 Å². The summed E-state index contributed by atoms with van der Waals surface area (Å²) >= 11 is 3.16. The first-order valence-corrected chi connectivity index (χ1v) is 8.22. The molecule has 1 aromatic rings. The van der Waals surface area contributed by atoms with Gasteiger partial charge < -0.3 is 15.2 Å². The van der Waals surface area contributed by atoms with Crippen LogP contribution >= 0.6 is 15.9 Å². The van der Waals surface area contributed by atoms with Gasteiger partial charge in [-0.3, -0.25) is 0 Å². The number of hydrogen-bond donors (Lipinski definition) is 2. The molecule has 0 aliphatic heterocycles. The Morgan fingerprint density at radius 1 is 1.40 bits per heavy atom. The topological polar surface area (TPSA) is 104 Å². The molecular formula is C11H18BrN3O4S. The molecular weight excluding hydrogens is 350 g/mol. The van der Waals surface area contributed by atoms with Crippen LogP contribution in [-0.2, 0) is 19.5 Å². The van der Waals surface area contributed by atoms with Gasteiger partial charge in [0, 0.05) is 30.9 Å². The SMILES string of the molecule is COCCOCCCNS(=O)(=O)c1cc(Br)cnc1N. The fraction of sp³-hybridized carbons (Fsp3) is 0.545. The van der Waals surface area contributed by atoms with E-state index in [9.17, 15) is 8.42 Å². The number of sulfonamides is 1. The molecule has 0 amide bonds. The molecule has 0 saturated heterocycles. The lowest BCUT2D eigenvalue weighted by Gasteiger charge is -2.09. The van der Waals surface area contributed by atoms with E-state index in [4.69, 9.17) is 15.2 Å². The number of halogens is 1. The third kappa shape index (κ3) is 5.71. The van der Waals surface area contributed by atoms with E-state index in [1.165, 1.54) is 12.3 Å². The molecule has 0 atom stereocenters. The van der Waals surface area contributed by atoms with Crippen molar-refractivity contribution in [3.05, 3.63) is 16.7 Å². The highest BCUT2D eigenvalue weighted by molar-refractivity contribution is 9.10. The van der Waals surface area contributed by atoms with Crippen molar-refractivity contribution < 1.29 is 17.9 Å². The molecule has 3 N–H and O–H groups in total. The van der Waals surface area contributed by atoms with Crippen LogP contribution in [0.4, 0.5) is 5.82 Å². The summed E-state index contributed by atoms with van der Waals surface area (Å²) < 4.78 is 37.1. The van der Waals surface area contributed by atoms with E-state index in [1.54, 1.807) is 7.11 Å². The molecule has 1 heterocycles. The molecule has 0 aliphatic carbocycles. The van der Waals surface area contributed by atoms with Gasteiger partial charge in [-0.15, -0.1) is 0 Å². The van der Waals surface area contributed by atoms with Gasteiger partial charge in [-0.1, -0.05) is 0 Å². The van der Waals surface area contributed by atoms with Gasteiger partial charge in [0.1, 0.15) is 10.7 Å². The van der Waals surface area contributed by atoms with Crippen LogP contribution in [-0.4, -0.2) is 46.9 Å². The number of hydrogen-bond acceptors (Lipinski definition) is 6. The van der Waals surface area contributed by atoms with Crippen LogP contribution < -0.4 is 10.5 Å². The Balaban J connectivity index is 2.44. The summed E-state index contributed by atoms with van der Waals surface area (Å²) in [7, 11) is -2.07. The lowest BCUT2D eigenvalue weighted by molar-refractivity contribution is 0.0699. The minimum Gasteiger partial charge on any atom is -0.383 e. The number of pyridine rings is 1. The Hall–Kier alpha value is -0.740. The van der Waals surface area contributed by atoms with E-state index in [2.05, 4.69) is 25.6 Å². The fourth-order valence-electron chi connectivity index (χ4n) is 1.35. The summed E-state index contributed by atoms with van der Waals surface area (Å²) in [6, 6.07) is 1.42. The van der Waals surface area contributed by atoms with Gasteiger partial charge in [-0.05, 0) is 28.4 Å². The second-order valence-electron chi connectivity index (χ2n) is 3.89. The molecule has 9 heteroatoms. The van der Waals surface area contributed by atoms with Crippen LogP contribution in [0.3, 0.4) is 0 Å². The lowest BCUT2D eigenvalue weighted by atomic mass is 10.5. The molecule has 114 valence electrons. The van der Waals surface area contributed by atoms with E-state index in [0.29, 0.717) is 30.7 Å². The van der Waals surface area contributed by atoms with Crippen LogP contribution in [0.15, 0.2) is 21.6 Å². The molecule has 0 fully saturated rings. The third-order valence-corrected chi connectivity index (χ3v) is 4.25. The number of rotatable bonds is 9. The minimum absolute atomic E-state index is 0.0305. The Kier molecular flexibility index (Phi) is 7.38. The molecule has 0 spiro atoms. The van der Waals surface area contributed by atoms with E-state index in [1.807, 2.05) is 0 Å². The summed E-state index contributed by atoms with van der Waals surface area (Å²) in [5, 5.41) is 0. The molecule has 0 radical (unpaired) electrons. The number of nitrogen functional groups attached to an aromatic ring is 1. The molecule has 0 saturated carbocycles. The molecule has 0 aromatic carbocycles. The predicted molar refractivity (Wildman–Crippen MR) is 78.8 cm³/mol. The second-order valence-corrected chi connectivity index (χ2v) is 6.54. The Bertz CT molecular complexity index is 524. The largest absolute Gasteiger partial charge is 0.383 e. The maximum absolute atomic E-state index is 12.0. The van der Waals surface area contributed by atoms with Gasteiger partial charge in [0.05, 0.1) is 13.2 Å². The molecule has 0 unspecified atom stereocenters. The molecule has 1 rings (SSSR count). The van der Waals surface area contributed by atoms with Gasteiger partial charge in [0.2, 0.25) is 10.0 Å². The lowest BCUT2D eigenvalue weighted by Crippen LogP contribution is -2.26. The molecule has 0 aliphatic rings. The number of nitrogens with two attached hydrogens (primary N) is 1. The van der Waals surface area contributed by atoms with Gasteiger partial charge in [0.15, 0.2) is 0 Å². The standard InChI is InChI=1S/C11H18BrN3O4S/c1-18-5-6-19-4-2-3-15-20(16,17)10-7-9(12)8-14-11(10)13/h7-8,15H,2-6H2,1H3,(H2,13,14). The first kappa shape index (κ1) is 17.3. The van der Waals surface area contributed by atoms with Crippen molar-refractivity contribution in [2.24, 2.45) is 0 Å². The number of aromatic nitrogens is 1. The highest BCUT2D eigenvalue weighted by Crippen LogP contribution is 2.20. The number of ether oxygens (including phenoxy) is 2. The Labute approximate surface area is 127 Å². The highest BCUT2D eigenvalue weighted by atomic mass is 79.9. The quantitative estimate of drug-likeness (QED) is 0.624. The molecule has 0 bridgehead atoms. The Morgan fingerprint density at radius 2 is 2.15 bits per heavy atom. The number of methoxy groups -OCH3 is 1. The van der Waals surface area contributed by atoms with Crippen molar-refractivity contribution in [3.8, 4) is 0 Å². The van der Waals surface area contributed by atoms with Crippen molar-refractivity contribution >= 4 is 31.8 Å². The first-order chi connectivity index (χ1) is 9.47. The summed E-state index contributed by atoms with van der Waals surface area (Å²) in [5.74, 6) is -0.0305. The van der Waals surface area contributed by atoms with E-state index in [-0.39, 0.29) is 17.3 Å². The predicted octanol–water partition coefficient (Wildman–Crippen LogP) is 0.758. The van der Waals surface area contributed by atoms with Gasteiger partial charge in [-0.2, -0.15) is 0 Å². The van der Waals surface area contributed by atoms with Gasteiger partial charge in [0.25, 0.3) is 0 Å². The first-order valence-electron chi connectivity index (χ1n) is 5.94. The van der Waals surface area contributed by atoms with Crippen molar-refractivity contribution in [2.75, 3.05) is 39.2 Å². The monoisotopic (exact) mass is 367 g/mol. The maximum atomic E-state index is 12.0. The van der Waals surface area contributed by atoms with Gasteiger partial charge >= 0.3 is 0 Å². The summed E-state index contributed by atoms with van der Waals surface area (Å²) in [5.41, 5.74) is 5.57. The number of nitrogens with zero attached hydrogens (tertiary/aromatic N) is 1. The third-order valence-electron chi connectivity index (χ3n) is 2.33. The highest BCUT2D eigenvalue weighted by Gasteiger charge is 2.18. The maximum Gasteiger partial charge on any atom is 0.244 e. The van der Waals surface area contributed by atoms with Crippen molar-refractivity contribution in [2.45, 2.75) is 11.3 Å². The van der Waals surface area contributed by atoms with E-state index < -0.39 is 10.0 Å². The zero-order chi connectivity index (χ0) is 15.0. The van der Waals surface area contributed by atoms with Crippen LogP contribution in [0.1, 0.15) is 6.42 Å². The van der Waals surface area contributed by atoms with Crippen molar-refractivity contribution in [1.29, 1.82) is 0 Å². The van der Waals surface area contributed by atoms with Gasteiger partial charge in [-0.25, -0.2) is 18.1 Å². The molecule has 20 heavy (non-hydrogen) atoms. The van der Waals surface area contributed by atoms with E-state index in [0.717, 1.165) is 0 Å². The van der Waals surface area contributed by atoms with Crippen LogP contribution in [0.2, 0.25) is 0 Å². The number of anilines is 1. The van der Waals surface area contributed by atoms with E-state index >= 15 is 0 Å². The van der Waals surface area contributed by atoms with Crippen LogP contribution in [0.5, 0.6) is 0 Å². The molecule has 7 nitrogen and oxygen atoms in total. The normalized spacial score (nSPS) is 11.7. The second kappa shape index (κ2) is 8.53. The summed E-state index contributed by atoms with van der Waals surface area (Å²) in [4.78, 5) is 3.76. The van der Waals surface area contributed by atoms with Crippen LogP contribution in [0, 0.1) is 0 Å². The zero-order valence-corrected chi connectivity index (χ0v) is 13.5. The van der Waals surface area contributed by atoms with Crippen molar-refractivity contribution in [3.63, 3.8) is 0 Å². The summed E-state index contributed by atoms with van der Waals surface area (Å²) in [6.07, 6.45) is 2.00. The van der Waals surface area contributed by atoms with Crippen LogP contribution in [0.25, 0.3) is 0 Å². The smallest absolute Gasteiger partial charge is 0.244 e.